The Balaban J connectivity index is 1.84. The Morgan fingerprint density at radius 3 is 1.42 bits per heavy atom. The first kappa shape index (κ1) is 8.59. The highest BCUT2D eigenvalue weighted by molar-refractivity contribution is 5.01. The molecular formula is C12H21. The predicted molar refractivity (Wildman–Crippen MR) is 52.8 cm³/mol. The van der Waals surface area contributed by atoms with Crippen LogP contribution in [0.3, 0.4) is 0 Å². The van der Waals surface area contributed by atoms with Crippen LogP contribution < -0.4 is 0 Å². The summed E-state index contributed by atoms with van der Waals surface area (Å²) in [6.07, 6.45) is 12.0. The lowest BCUT2D eigenvalue weighted by molar-refractivity contribution is 0.431. The summed E-state index contributed by atoms with van der Waals surface area (Å²) in [6.45, 7) is 2.44. The fourth-order valence-corrected chi connectivity index (χ4v) is 3.10. The Bertz CT molecular complexity index is 111. The summed E-state index contributed by atoms with van der Waals surface area (Å²) >= 11 is 0. The molecule has 0 nitrogen and oxygen atoms in total. The Hall–Kier alpha value is 0. The zero-order valence-electron chi connectivity index (χ0n) is 8.31. The van der Waals surface area contributed by atoms with Gasteiger partial charge in [-0.2, -0.15) is 0 Å². The van der Waals surface area contributed by atoms with Crippen molar-refractivity contribution in [2.75, 3.05) is 0 Å². The van der Waals surface area contributed by atoms with Crippen molar-refractivity contribution in [2.45, 2.75) is 58.3 Å². The van der Waals surface area contributed by atoms with E-state index in [2.05, 4.69) is 6.92 Å². The SMILES string of the molecule is C[C](C1CCCC1)C1CCCC1. The molecule has 2 aliphatic carbocycles. The molecular weight excluding hydrogens is 144 g/mol. The minimum Gasteiger partial charge on any atom is -0.0586 e. The molecule has 0 aromatic carbocycles. The smallest absolute Gasteiger partial charge is 0.0210 e. The maximum atomic E-state index is 2.44. The van der Waals surface area contributed by atoms with Crippen LogP contribution in [0.4, 0.5) is 0 Å². The van der Waals surface area contributed by atoms with Crippen molar-refractivity contribution in [1.29, 1.82) is 0 Å². The van der Waals surface area contributed by atoms with Crippen LogP contribution in [0.1, 0.15) is 58.3 Å². The molecule has 2 aliphatic rings. The van der Waals surface area contributed by atoms with Gasteiger partial charge in [-0.1, -0.05) is 32.6 Å². The van der Waals surface area contributed by atoms with Crippen LogP contribution in [0.5, 0.6) is 0 Å². The summed E-state index contributed by atoms with van der Waals surface area (Å²) in [6, 6.07) is 0. The van der Waals surface area contributed by atoms with E-state index in [-0.39, 0.29) is 0 Å². The summed E-state index contributed by atoms with van der Waals surface area (Å²) in [5, 5.41) is 0. The normalized spacial score (nSPS) is 27.5. The Morgan fingerprint density at radius 2 is 1.08 bits per heavy atom. The molecule has 0 amide bonds. The quantitative estimate of drug-likeness (QED) is 0.581. The Labute approximate surface area is 76.7 Å². The van der Waals surface area contributed by atoms with Gasteiger partial charge in [0.15, 0.2) is 0 Å². The molecule has 0 atom stereocenters. The van der Waals surface area contributed by atoms with Crippen molar-refractivity contribution in [3.05, 3.63) is 5.92 Å². The van der Waals surface area contributed by atoms with Gasteiger partial charge in [0.1, 0.15) is 0 Å². The number of hydrogen-bond donors (Lipinski definition) is 0. The minimum atomic E-state index is 1.02. The molecule has 69 valence electrons. The van der Waals surface area contributed by atoms with Gasteiger partial charge in [-0.25, -0.2) is 0 Å². The summed E-state index contributed by atoms with van der Waals surface area (Å²) in [4.78, 5) is 0. The molecule has 12 heavy (non-hydrogen) atoms. The Kier molecular flexibility index (Phi) is 2.73. The van der Waals surface area contributed by atoms with Crippen molar-refractivity contribution >= 4 is 0 Å². The first-order valence-corrected chi connectivity index (χ1v) is 5.71. The lowest BCUT2D eigenvalue weighted by Crippen LogP contribution is -2.14. The standard InChI is InChI=1S/C12H21/c1-10(11-6-2-3-7-11)12-8-4-5-9-12/h11-12H,2-9H2,1H3. The van der Waals surface area contributed by atoms with E-state index in [1.165, 1.54) is 51.4 Å². The third-order valence-electron chi connectivity index (χ3n) is 4.00. The van der Waals surface area contributed by atoms with E-state index in [9.17, 15) is 0 Å². The van der Waals surface area contributed by atoms with Gasteiger partial charge in [-0.3, -0.25) is 0 Å². The molecule has 2 saturated carbocycles. The molecule has 0 heteroatoms. The van der Waals surface area contributed by atoms with Crippen LogP contribution in [0.25, 0.3) is 0 Å². The molecule has 0 aromatic rings. The van der Waals surface area contributed by atoms with Gasteiger partial charge in [-0.15, -0.1) is 0 Å². The number of rotatable bonds is 2. The fourth-order valence-electron chi connectivity index (χ4n) is 3.10. The topological polar surface area (TPSA) is 0 Å². The third-order valence-corrected chi connectivity index (χ3v) is 4.00. The first-order chi connectivity index (χ1) is 5.88. The van der Waals surface area contributed by atoms with Crippen molar-refractivity contribution in [3.8, 4) is 0 Å². The second-order valence-electron chi connectivity index (χ2n) is 4.71. The fraction of sp³-hybridized carbons (Fsp3) is 0.917. The van der Waals surface area contributed by atoms with E-state index in [1.54, 1.807) is 0 Å². The molecule has 2 rings (SSSR count). The first-order valence-electron chi connectivity index (χ1n) is 5.71. The van der Waals surface area contributed by atoms with E-state index < -0.39 is 0 Å². The lowest BCUT2D eigenvalue weighted by atomic mass is 9.81. The average Bonchev–Trinajstić information content (AvgIpc) is 2.77. The third kappa shape index (κ3) is 1.67. The molecule has 0 aromatic heterocycles. The van der Waals surface area contributed by atoms with Gasteiger partial charge in [-0.05, 0) is 43.4 Å². The van der Waals surface area contributed by atoms with Gasteiger partial charge in [0.25, 0.3) is 0 Å². The van der Waals surface area contributed by atoms with Crippen LogP contribution in [0.15, 0.2) is 0 Å². The van der Waals surface area contributed by atoms with Crippen LogP contribution in [-0.4, -0.2) is 0 Å². The molecule has 2 fully saturated rings. The van der Waals surface area contributed by atoms with E-state index in [1.807, 2.05) is 5.92 Å². The van der Waals surface area contributed by atoms with E-state index in [0.717, 1.165) is 11.8 Å². The van der Waals surface area contributed by atoms with Crippen molar-refractivity contribution < 1.29 is 0 Å². The highest BCUT2D eigenvalue weighted by atomic mass is 14.3. The van der Waals surface area contributed by atoms with Crippen molar-refractivity contribution in [2.24, 2.45) is 11.8 Å². The number of hydrogen-bond acceptors (Lipinski definition) is 0. The predicted octanol–water partition coefficient (Wildman–Crippen LogP) is 3.96. The Morgan fingerprint density at radius 1 is 0.750 bits per heavy atom. The molecule has 1 radical (unpaired) electrons. The van der Waals surface area contributed by atoms with E-state index in [0.29, 0.717) is 0 Å². The molecule has 0 aliphatic heterocycles. The zero-order valence-corrected chi connectivity index (χ0v) is 8.31. The van der Waals surface area contributed by atoms with Crippen LogP contribution in [-0.2, 0) is 0 Å². The van der Waals surface area contributed by atoms with Gasteiger partial charge in [0.2, 0.25) is 0 Å². The zero-order chi connectivity index (χ0) is 8.39. The maximum absolute atomic E-state index is 2.44. The largest absolute Gasteiger partial charge is 0.0586 e. The minimum absolute atomic E-state index is 1.02. The molecule has 0 N–H and O–H groups in total. The molecule has 0 saturated heterocycles. The van der Waals surface area contributed by atoms with Crippen molar-refractivity contribution in [3.63, 3.8) is 0 Å². The second-order valence-corrected chi connectivity index (χ2v) is 4.71. The monoisotopic (exact) mass is 165 g/mol. The summed E-state index contributed by atoms with van der Waals surface area (Å²) in [5.41, 5.74) is 0. The van der Waals surface area contributed by atoms with Gasteiger partial charge in [0.05, 0.1) is 0 Å². The van der Waals surface area contributed by atoms with Crippen LogP contribution in [0, 0.1) is 17.8 Å². The summed E-state index contributed by atoms with van der Waals surface area (Å²) < 4.78 is 0. The highest BCUT2D eigenvalue weighted by Gasteiger charge is 2.29. The maximum Gasteiger partial charge on any atom is -0.0210 e. The van der Waals surface area contributed by atoms with Crippen LogP contribution >= 0.6 is 0 Å². The van der Waals surface area contributed by atoms with Gasteiger partial charge < -0.3 is 0 Å². The average molecular weight is 165 g/mol. The summed E-state index contributed by atoms with van der Waals surface area (Å²) in [5.74, 6) is 3.91. The van der Waals surface area contributed by atoms with Crippen molar-refractivity contribution in [1.82, 2.24) is 0 Å². The van der Waals surface area contributed by atoms with Gasteiger partial charge in [0, 0.05) is 0 Å². The molecule has 0 spiro atoms. The van der Waals surface area contributed by atoms with E-state index in [4.69, 9.17) is 0 Å². The molecule has 0 heterocycles. The highest BCUT2D eigenvalue weighted by Crippen LogP contribution is 2.42. The molecule has 0 bridgehead atoms. The summed E-state index contributed by atoms with van der Waals surface area (Å²) in [7, 11) is 0. The second kappa shape index (κ2) is 3.81. The van der Waals surface area contributed by atoms with Gasteiger partial charge >= 0.3 is 0 Å². The van der Waals surface area contributed by atoms with Crippen LogP contribution in [0.2, 0.25) is 0 Å². The lowest BCUT2D eigenvalue weighted by Gasteiger charge is -2.24. The molecule has 0 unspecified atom stereocenters. The van der Waals surface area contributed by atoms with E-state index >= 15 is 0 Å².